The monoisotopic (exact) mass is 337 g/mol. The predicted octanol–water partition coefficient (Wildman–Crippen LogP) is 2.58. The number of benzene rings is 1. The highest BCUT2D eigenvalue weighted by Gasteiger charge is 2.23. The van der Waals surface area contributed by atoms with Crippen LogP contribution in [0.2, 0.25) is 5.02 Å². The SMILES string of the molecule is CCCNC(=O)NC1CCN(C(=O)Cc2cccc(Cl)c2)CC1. The second-order valence-corrected chi connectivity index (χ2v) is 6.30. The molecule has 0 radical (unpaired) electrons. The van der Waals surface area contributed by atoms with Crippen molar-refractivity contribution in [2.24, 2.45) is 0 Å². The highest BCUT2D eigenvalue weighted by Crippen LogP contribution is 2.15. The maximum absolute atomic E-state index is 12.3. The molecule has 5 nitrogen and oxygen atoms in total. The Bertz CT molecular complexity index is 542. The summed E-state index contributed by atoms with van der Waals surface area (Å²) >= 11 is 5.95. The zero-order chi connectivity index (χ0) is 16.7. The van der Waals surface area contributed by atoms with E-state index in [4.69, 9.17) is 11.6 Å². The first kappa shape index (κ1) is 17.6. The molecule has 0 aliphatic carbocycles. The van der Waals surface area contributed by atoms with Crippen molar-refractivity contribution in [3.8, 4) is 0 Å². The van der Waals surface area contributed by atoms with Crippen LogP contribution in [0.1, 0.15) is 31.7 Å². The lowest BCUT2D eigenvalue weighted by atomic mass is 10.0. The molecule has 0 unspecified atom stereocenters. The van der Waals surface area contributed by atoms with Gasteiger partial charge in [-0.1, -0.05) is 30.7 Å². The molecular formula is C17H24ClN3O2. The van der Waals surface area contributed by atoms with Gasteiger partial charge in [0.25, 0.3) is 0 Å². The smallest absolute Gasteiger partial charge is 0.315 e. The Kier molecular flexibility index (Phi) is 6.71. The zero-order valence-electron chi connectivity index (χ0n) is 13.5. The molecule has 23 heavy (non-hydrogen) atoms. The van der Waals surface area contributed by atoms with Gasteiger partial charge in [0.15, 0.2) is 0 Å². The molecule has 2 N–H and O–H groups in total. The number of urea groups is 1. The van der Waals surface area contributed by atoms with Gasteiger partial charge < -0.3 is 15.5 Å². The third-order valence-corrected chi connectivity index (χ3v) is 4.20. The second kappa shape index (κ2) is 8.77. The second-order valence-electron chi connectivity index (χ2n) is 5.86. The fourth-order valence-corrected chi connectivity index (χ4v) is 2.89. The molecule has 1 aliphatic rings. The first-order valence-electron chi connectivity index (χ1n) is 8.15. The Morgan fingerprint density at radius 3 is 2.70 bits per heavy atom. The summed E-state index contributed by atoms with van der Waals surface area (Å²) < 4.78 is 0. The van der Waals surface area contributed by atoms with Crippen molar-refractivity contribution in [2.75, 3.05) is 19.6 Å². The van der Waals surface area contributed by atoms with Gasteiger partial charge in [0.05, 0.1) is 6.42 Å². The van der Waals surface area contributed by atoms with Crippen LogP contribution in [0.15, 0.2) is 24.3 Å². The normalized spacial score (nSPS) is 15.3. The number of hydrogen-bond acceptors (Lipinski definition) is 2. The van der Waals surface area contributed by atoms with Crippen molar-refractivity contribution in [1.82, 2.24) is 15.5 Å². The predicted molar refractivity (Wildman–Crippen MR) is 91.6 cm³/mol. The van der Waals surface area contributed by atoms with E-state index in [1.165, 1.54) is 0 Å². The lowest BCUT2D eigenvalue weighted by Crippen LogP contribution is -2.49. The molecule has 0 spiro atoms. The van der Waals surface area contributed by atoms with Gasteiger partial charge in [0, 0.05) is 30.7 Å². The molecular weight excluding hydrogens is 314 g/mol. The summed E-state index contributed by atoms with van der Waals surface area (Å²) in [5.41, 5.74) is 0.932. The first-order chi connectivity index (χ1) is 11.1. The Labute approximate surface area is 142 Å². The number of nitrogens with one attached hydrogen (secondary N) is 2. The number of piperidine rings is 1. The van der Waals surface area contributed by atoms with E-state index in [-0.39, 0.29) is 18.0 Å². The minimum Gasteiger partial charge on any atom is -0.342 e. The molecule has 0 atom stereocenters. The van der Waals surface area contributed by atoms with E-state index in [1.807, 2.05) is 30.0 Å². The Balaban J connectivity index is 1.75. The zero-order valence-corrected chi connectivity index (χ0v) is 14.2. The Hall–Kier alpha value is -1.75. The average Bonchev–Trinajstić information content (AvgIpc) is 2.53. The summed E-state index contributed by atoms with van der Waals surface area (Å²) in [5.74, 6) is 0.112. The minimum atomic E-state index is -0.115. The molecule has 2 rings (SSSR count). The van der Waals surface area contributed by atoms with E-state index in [2.05, 4.69) is 10.6 Å². The molecule has 6 heteroatoms. The van der Waals surface area contributed by atoms with Crippen molar-refractivity contribution < 1.29 is 9.59 Å². The van der Waals surface area contributed by atoms with Crippen LogP contribution in [0.3, 0.4) is 0 Å². The van der Waals surface area contributed by atoms with Gasteiger partial charge in [-0.3, -0.25) is 4.79 Å². The Morgan fingerprint density at radius 2 is 2.04 bits per heavy atom. The summed E-state index contributed by atoms with van der Waals surface area (Å²) in [7, 11) is 0. The number of hydrogen-bond donors (Lipinski definition) is 2. The average molecular weight is 338 g/mol. The number of halogens is 1. The highest BCUT2D eigenvalue weighted by atomic mass is 35.5. The Morgan fingerprint density at radius 1 is 1.30 bits per heavy atom. The van der Waals surface area contributed by atoms with E-state index < -0.39 is 0 Å². The molecule has 0 saturated carbocycles. The van der Waals surface area contributed by atoms with Gasteiger partial charge in [-0.15, -0.1) is 0 Å². The van der Waals surface area contributed by atoms with Crippen molar-refractivity contribution in [3.63, 3.8) is 0 Å². The quantitative estimate of drug-likeness (QED) is 0.867. The van der Waals surface area contributed by atoms with Gasteiger partial charge in [-0.05, 0) is 37.0 Å². The van der Waals surface area contributed by atoms with Crippen LogP contribution in [0.5, 0.6) is 0 Å². The molecule has 1 fully saturated rings. The summed E-state index contributed by atoms with van der Waals surface area (Å²) in [4.78, 5) is 25.8. The number of likely N-dealkylation sites (tertiary alicyclic amines) is 1. The van der Waals surface area contributed by atoms with Crippen LogP contribution in [-0.4, -0.2) is 42.5 Å². The van der Waals surface area contributed by atoms with E-state index in [9.17, 15) is 9.59 Å². The number of amides is 3. The van der Waals surface area contributed by atoms with Gasteiger partial charge in [0.1, 0.15) is 0 Å². The molecule has 1 aliphatic heterocycles. The van der Waals surface area contributed by atoms with Crippen LogP contribution >= 0.6 is 11.6 Å². The van der Waals surface area contributed by atoms with Crippen molar-refractivity contribution >= 4 is 23.5 Å². The van der Waals surface area contributed by atoms with Crippen molar-refractivity contribution in [2.45, 2.75) is 38.6 Å². The highest BCUT2D eigenvalue weighted by molar-refractivity contribution is 6.30. The van der Waals surface area contributed by atoms with Crippen LogP contribution in [0.25, 0.3) is 0 Å². The van der Waals surface area contributed by atoms with Crippen molar-refractivity contribution in [1.29, 1.82) is 0 Å². The van der Waals surface area contributed by atoms with Gasteiger partial charge in [0.2, 0.25) is 5.91 Å². The minimum absolute atomic E-state index is 0.112. The standard InChI is InChI=1S/C17H24ClN3O2/c1-2-8-19-17(23)20-15-6-9-21(10-7-15)16(22)12-13-4-3-5-14(18)11-13/h3-5,11,15H,2,6-10,12H2,1H3,(H2,19,20,23). The molecule has 0 bridgehead atoms. The van der Waals surface area contributed by atoms with Crippen LogP contribution in [0, 0.1) is 0 Å². The summed E-state index contributed by atoms with van der Waals surface area (Å²) in [5, 5.41) is 6.42. The topological polar surface area (TPSA) is 61.4 Å². The third kappa shape index (κ3) is 5.75. The van der Waals surface area contributed by atoms with Gasteiger partial charge >= 0.3 is 6.03 Å². The largest absolute Gasteiger partial charge is 0.342 e. The maximum Gasteiger partial charge on any atom is 0.315 e. The molecule has 1 aromatic rings. The van der Waals surface area contributed by atoms with Gasteiger partial charge in [-0.2, -0.15) is 0 Å². The first-order valence-corrected chi connectivity index (χ1v) is 8.53. The fourth-order valence-electron chi connectivity index (χ4n) is 2.68. The lowest BCUT2D eigenvalue weighted by molar-refractivity contribution is -0.131. The van der Waals surface area contributed by atoms with E-state index >= 15 is 0 Å². The number of carbonyl (C=O) groups is 2. The summed E-state index contributed by atoms with van der Waals surface area (Å²) in [6.45, 7) is 4.06. The van der Waals surface area contributed by atoms with E-state index in [1.54, 1.807) is 6.07 Å². The van der Waals surface area contributed by atoms with E-state index in [0.717, 1.165) is 24.8 Å². The summed E-state index contributed by atoms with van der Waals surface area (Å²) in [6.07, 6.45) is 2.88. The maximum atomic E-state index is 12.3. The third-order valence-electron chi connectivity index (χ3n) is 3.96. The van der Waals surface area contributed by atoms with Crippen molar-refractivity contribution in [3.05, 3.63) is 34.9 Å². The van der Waals surface area contributed by atoms with Crippen LogP contribution in [-0.2, 0) is 11.2 Å². The molecule has 1 heterocycles. The number of nitrogens with zero attached hydrogens (tertiary/aromatic N) is 1. The number of carbonyl (C=O) groups excluding carboxylic acids is 2. The lowest BCUT2D eigenvalue weighted by Gasteiger charge is -2.32. The van der Waals surface area contributed by atoms with Crippen LogP contribution in [0.4, 0.5) is 4.79 Å². The number of rotatable bonds is 5. The molecule has 1 saturated heterocycles. The summed E-state index contributed by atoms with van der Waals surface area (Å²) in [6, 6.07) is 7.42. The van der Waals surface area contributed by atoms with Crippen LogP contribution < -0.4 is 10.6 Å². The molecule has 1 aromatic carbocycles. The van der Waals surface area contributed by atoms with Gasteiger partial charge in [-0.25, -0.2) is 4.79 Å². The molecule has 126 valence electrons. The molecule has 0 aromatic heterocycles. The van der Waals surface area contributed by atoms with E-state index in [0.29, 0.717) is 31.1 Å². The molecule has 3 amide bonds. The fraction of sp³-hybridized carbons (Fsp3) is 0.529.